The number of nitrogens with two attached hydrogens (primary N) is 1. The van der Waals surface area contributed by atoms with Gasteiger partial charge in [0.2, 0.25) is 0 Å². The summed E-state index contributed by atoms with van der Waals surface area (Å²) in [6.07, 6.45) is 10.9. The second kappa shape index (κ2) is 11.6. The maximum absolute atomic E-state index is 10.2. The lowest BCUT2D eigenvalue weighted by Crippen LogP contribution is -2.15. The van der Waals surface area contributed by atoms with Crippen molar-refractivity contribution in [2.75, 3.05) is 25.1 Å². The lowest BCUT2D eigenvalue weighted by atomic mass is 9.91. The third kappa shape index (κ3) is 6.50. The first-order valence-electron chi connectivity index (χ1n) is 10.5. The SMILES string of the molecule is CN(Cc1cccnc1)c1nc2ccc(OCCN)cc2s1.O=CC1CCCCC1. The van der Waals surface area contributed by atoms with E-state index in [0.29, 0.717) is 19.1 Å². The minimum atomic E-state index is 0.406. The molecular formula is C23H30N4O2S. The summed E-state index contributed by atoms with van der Waals surface area (Å²) in [4.78, 5) is 21.1. The van der Waals surface area contributed by atoms with Gasteiger partial charge in [0.05, 0.1) is 10.2 Å². The number of fused-ring (bicyclic) bond motifs is 1. The number of nitrogens with zero attached hydrogens (tertiary/aromatic N) is 3. The number of carbonyl (C=O) groups is 1. The Morgan fingerprint density at radius 3 is 2.77 bits per heavy atom. The van der Waals surface area contributed by atoms with E-state index >= 15 is 0 Å². The van der Waals surface area contributed by atoms with E-state index in [2.05, 4.69) is 20.9 Å². The molecule has 0 atom stereocenters. The molecule has 2 heterocycles. The molecule has 7 heteroatoms. The van der Waals surface area contributed by atoms with Crippen LogP contribution >= 0.6 is 11.3 Å². The van der Waals surface area contributed by atoms with Crippen LogP contribution in [-0.2, 0) is 11.3 Å². The highest BCUT2D eigenvalue weighted by Crippen LogP contribution is 2.31. The molecule has 30 heavy (non-hydrogen) atoms. The Morgan fingerprint density at radius 1 is 1.27 bits per heavy atom. The molecule has 0 saturated heterocycles. The lowest BCUT2D eigenvalue weighted by molar-refractivity contribution is -0.111. The van der Waals surface area contributed by atoms with Crippen LogP contribution in [0.3, 0.4) is 0 Å². The third-order valence-corrected chi connectivity index (χ3v) is 6.18. The third-order valence-electron chi connectivity index (χ3n) is 5.05. The number of hydrogen-bond acceptors (Lipinski definition) is 7. The molecule has 160 valence electrons. The van der Waals surface area contributed by atoms with E-state index in [1.54, 1.807) is 17.5 Å². The van der Waals surface area contributed by atoms with Crippen LogP contribution in [0.1, 0.15) is 37.7 Å². The van der Waals surface area contributed by atoms with Crippen molar-refractivity contribution in [3.05, 3.63) is 48.3 Å². The number of anilines is 1. The molecule has 0 aliphatic heterocycles. The van der Waals surface area contributed by atoms with Gasteiger partial charge in [0, 0.05) is 38.4 Å². The van der Waals surface area contributed by atoms with Crippen molar-refractivity contribution in [1.29, 1.82) is 0 Å². The Hall–Kier alpha value is -2.51. The van der Waals surface area contributed by atoms with E-state index in [1.165, 1.54) is 19.3 Å². The van der Waals surface area contributed by atoms with Gasteiger partial charge in [0.25, 0.3) is 0 Å². The van der Waals surface area contributed by atoms with Crippen molar-refractivity contribution in [3.63, 3.8) is 0 Å². The van der Waals surface area contributed by atoms with Gasteiger partial charge in [-0.2, -0.15) is 0 Å². The molecule has 0 spiro atoms. The van der Waals surface area contributed by atoms with Gasteiger partial charge < -0.3 is 20.2 Å². The van der Waals surface area contributed by atoms with Gasteiger partial charge in [-0.1, -0.05) is 36.7 Å². The van der Waals surface area contributed by atoms with Crippen LogP contribution in [0.2, 0.25) is 0 Å². The summed E-state index contributed by atoms with van der Waals surface area (Å²) in [5, 5.41) is 0.981. The summed E-state index contributed by atoms with van der Waals surface area (Å²) < 4.78 is 6.67. The molecule has 6 nitrogen and oxygen atoms in total. The van der Waals surface area contributed by atoms with Crippen LogP contribution in [0.4, 0.5) is 5.13 Å². The number of ether oxygens (including phenoxy) is 1. The topological polar surface area (TPSA) is 81.3 Å². The summed E-state index contributed by atoms with van der Waals surface area (Å²) in [6, 6.07) is 9.95. The molecule has 2 aromatic heterocycles. The Balaban J connectivity index is 0.000000269. The van der Waals surface area contributed by atoms with Gasteiger partial charge >= 0.3 is 0 Å². The molecule has 0 unspecified atom stereocenters. The first-order chi connectivity index (χ1) is 14.7. The maximum atomic E-state index is 10.2. The van der Waals surface area contributed by atoms with E-state index < -0.39 is 0 Å². The van der Waals surface area contributed by atoms with E-state index in [1.807, 2.05) is 37.5 Å². The number of rotatable bonds is 7. The predicted molar refractivity (Wildman–Crippen MR) is 123 cm³/mol. The summed E-state index contributed by atoms with van der Waals surface area (Å²) in [5.74, 6) is 1.24. The number of aromatic nitrogens is 2. The lowest BCUT2D eigenvalue weighted by Gasteiger charge is -2.14. The van der Waals surface area contributed by atoms with Crippen LogP contribution < -0.4 is 15.4 Å². The molecule has 1 aliphatic carbocycles. The van der Waals surface area contributed by atoms with Crippen molar-refractivity contribution in [3.8, 4) is 5.75 Å². The average molecular weight is 427 g/mol. The van der Waals surface area contributed by atoms with Crippen molar-refractivity contribution in [1.82, 2.24) is 9.97 Å². The Bertz CT molecular complexity index is 910. The highest BCUT2D eigenvalue weighted by molar-refractivity contribution is 7.22. The van der Waals surface area contributed by atoms with Gasteiger partial charge in [-0.3, -0.25) is 4.98 Å². The normalized spacial score (nSPS) is 14.1. The fraction of sp³-hybridized carbons (Fsp3) is 0.435. The van der Waals surface area contributed by atoms with Crippen molar-refractivity contribution in [2.24, 2.45) is 11.7 Å². The molecule has 1 aromatic carbocycles. The summed E-state index contributed by atoms with van der Waals surface area (Å²) in [7, 11) is 2.04. The Kier molecular flexibility index (Phi) is 8.59. The number of hydrogen-bond donors (Lipinski definition) is 1. The quantitative estimate of drug-likeness (QED) is 0.563. The molecule has 3 aromatic rings. The fourth-order valence-corrected chi connectivity index (χ4v) is 4.38. The molecule has 2 N–H and O–H groups in total. The number of aldehydes is 1. The number of thiazole rings is 1. The number of pyridine rings is 1. The van der Waals surface area contributed by atoms with Gasteiger partial charge in [-0.05, 0) is 42.7 Å². The van der Waals surface area contributed by atoms with Crippen LogP contribution in [-0.4, -0.2) is 36.5 Å². The molecule has 4 rings (SSSR count). The van der Waals surface area contributed by atoms with Gasteiger partial charge in [0.15, 0.2) is 5.13 Å². The van der Waals surface area contributed by atoms with E-state index in [-0.39, 0.29) is 0 Å². The van der Waals surface area contributed by atoms with Crippen LogP contribution in [0.5, 0.6) is 5.75 Å². The largest absolute Gasteiger partial charge is 0.492 e. The minimum Gasteiger partial charge on any atom is -0.492 e. The molecule has 1 saturated carbocycles. The average Bonchev–Trinajstić information content (AvgIpc) is 3.23. The summed E-state index contributed by atoms with van der Waals surface area (Å²) in [5.41, 5.74) is 7.61. The zero-order valence-corrected chi connectivity index (χ0v) is 18.3. The second-order valence-corrected chi connectivity index (χ2v) is 8.52. The van der Waals surface area contributed by atoms with Crippen LogP contribution in [0, 0.1) is 5.92 Å². The fourth-order valence-electron chi connectivity index (χ4n) is 3.43. The van der Waals surface area contributed by atoms with Crippen molar-refractivity contribution >= 4 is 33.0 Å². The molecule has 1 aliphatic rings. The second-order valence-electron chi connectivity index (χ2n) is 7.51. The number of carbonyl (C=O) groups excluding carboxylic acids is 1. The first-order valence-corrected chi connectivity index (χ1v) is 11.3. The first kappa shape index (κ1) is 22.2. The standard InChI is InChI=1S/C16H18N4OS.C7H12O/c1-20(11-12-3-2-7-18-10-12)16-19-14-5-4-13(21-8-6-17)9-15(14)22-16;8-6-7-4-2-1-3-5-7/h2-5,7,9-10H,6,8,11,17H2,1H3;6-7H,1-5H2. The molecule has 0 bridgehead atoms. The van der Waals surface area contributed by atoms with E-state index in [4.69, 9.17) is 10.5 Å². The molecule has 0 radical (unpaired) electrons. The minimum absolute atomic E-state index is 0.406. The summed E-state index contributed by atoms with van der Waals surface area (Å²) in [6.45, 7) is 1.82. The van der Waals surface area contributed by atoms with Gasteiger partial charge in [-0.15, -0.1) is 0 Å². The molecular weight excluding hydrogens is 396 g/mol. The highest BCUT2D eigenvalue weighted by atomic mass is 32.1. The number of benzene rings is 1. The van der Waals surface area contributed by atoms with E-state index in [0.717, 1.165) is 52.3 Å². The predicted octanol–water partition coefficient (Wildman–Crippen LogP) is 4.43. The maximum Gasteiger partial charge on any atom is 0.186 e. The van der Waals surface area contributed by atoms with Crippen LogP contribution in [0.15, 0.2) is 42.7 Å². The van der Waals surface area contributed by atoms with Crippen molar-refractivity contribution in [2.45, 2.75) is 38.6 Å². The summed E-state index contributed by atoms with van der Waals surface area (Å²) >= 11 is 1.66. The van der Waals surface area contributed by atoms with E-state index in [9.17, 15) is 4.79 Å². The zero-order chi connectivity index (χ0) is 21.2. The Labute approximate surface area is 182 Å². The zero-order valence-electron chi connectivity index (χ0n) is 17.5. The Morgan fingerprint density at radius 2 is 2.10 bits per heavy atom. The smallest absolute Gasteiger partial charge is 0.186 e. The van der Waals surface area contributed by atoms with Crippen molar-refractivity contribution < 1.29 is 9.53 Å². The van der Waals surface area contributed by atoms with Gasteiger partial charge in [0.1, 0.15) is 18.6 Å². The molecule has 0 amide bonds. The monoisotopic (exact) mass is 426 g/mol. The highest BCUT2D eigenvalue weighted by Gasteiger charge is 2.11. The molecule has 1 fully saturated rings. The van der Waals surface area contributed by atoms with Crippen LogP contribution in [0.25, 0.3) is 10.2 Å². The van der Waals surface area contributed by atoms with Gasteiger partial charge in [-0.25, -0.2) is 4.98 Å².